The molecule has 0 atom stereocenters. The number of nitrogens with zero attached hydrogens (tertiary/aromatic N) is 2. The van der Waals surface area contributed by atoms with E-state index in [0.29, 0.717) is 0 Å². The van der Waals surface area contributed by atoms with Gasteiger partial charge >= 0.3 is 0 Å². The molecule has 2 aliphatic carbocycles. The van der Waals surface area contributed by atoms with Gasteiger partial charge in [-0.15, -0.1) is 0 Å². The van der Waals surface area contributed by atoms with Crippen LogP contribution in [0.1, 0.15) is 44.7 Å². The van der Waals surface area contributed by atoms with Gasteiger partial charge in [0.1, 0.15) is 5.82 Å². The number of halogens is 1. The fraction of sp³-hybridized carbons (Fsp3) is 0.706. The van der Waals surface area contributed by atoms with Crippen molar-refractivity contribution in [1.29, 1.82) is 0 Å². The van der Waals surface area contributed by atoms with Crippen LogP contribution in [0.3, 0.4) is 0 Å². The molecule has 2 aliphatic rings. The minimum atomic E-state index is 0.800. The van der Waals surface area contributed by atoms with Crippen LogP contribution in [0, 0.1) is 11.8 Å². The molecule has 1 heterocycles. The van der Waals surface area contributed by atoms with Crippen LogP contribution >= 0.6 is 11.6 Å². The highest BCUT2D eigenvalue weighted by Crippen LogP contribution is 2.34. The van der Waals surface area contributed by atoms with Crippen molar-refractivity contribution in [2.75, 3.05) is 25.0 Å². The van der Waals surface area contributed by atoms with Gasteiger partial charge in [-0.05, 0) is 56.1 Å². The summed E-state index contributed by atoms with van der Waals surface area (Å²) in [5.74, 6) is 2.79. The number of rotatable bonds is 9. The molecule has 3 rings (SSSR count). The zero-order valence-electron chi connectivity index (χ0n) is 12.9. The SMILES string of the molecule is CCCNc1ccc(Cl)c(CN(CC2CC2)CC2CC2)n1. The molecule has 0 saturated heterocycles. The Morgan fingerprint density at radius 2 is 1.86 bits per heavy atom. The van der Waals surface area contributed by atoms with Crippen LogP contribution < -0.4 is 5.32 Å². The summed E-state index contributed by atoms with van der Waals surface area (Å²) in [6.07, 6.45) is 6.72. The molecule has 3 nitrogen and oxygen atoms in total. The molecule has 2 saturated carbocycles. The lowest BCUT2D eigenvalue weighted by molar-refractivity contribution is 0.241. The third-order valence-electron chi connectivity index (χ3n) is 4.27. The molecule has 4 heteroatoms. The maximum Gasteiger partial charge on any atom is 0.126 e. The standard InChI is InChI=1S/C17H26ClN3/c1-2-9-19-17-8-7-15(18)16(20-17)12-21(10-13-3-4-13)11-14-5-6-14/h7-8,13-14H,2-6,9-12H2,1H3,(H,19,20). The Hall–Kier alpha value is -0.800. The zero-order valence-corrected chi connectivity index (χ0v) is 13.7. The number of nitrogens with one attached hydrogen (secondary N) is 1. The zero-order chi connectivity index (χ0) is 14.7. The Balaban J connectivity index is 1.64. The lowest BCUT2D eigenvalue weighted by Crippen LogP contribution is -2.28. The van der Waals surface area contributed by atoms with Gasteiger partial charge in [0.15, 0.2) is 0 Å². The number of aromatic nitrogens is 1. The first-order valence-corrected chi connectivity index (χ1v) is 8.74. The van der Waals surface area contributed by atoms with Gasteiger partial charge in [-0.25, -0.2) is 4.98 Å². The summed E-state index contributed by atoms with van der Waals surface area (Å²) in [4.78, 5) is 7.30. The summed E-state index contributed by atoms with van der Waals surface area (Å²) in [6.45, 7) is 6.47. The second kappa shape index (κ2) is 6.97. The largest absolute Gasteiger partial charge is 0.370 e. The lowest BCUT2D eigenvalue weighted by atomic mass is 10.2. The molecular weight excluding hydrogens is 282 g/mol. The van der Waals surface area contributed by atoms with Gasteiger partial charge in [0.05, 0.1) is 10.7 Å². The average Bonchev–Trinajstić information content (AvgIpc) is 3.36. The molecule has 0 aliphatic heterocycles. The highest BCUT2D eigenvalue weighted by molar-refractivity contribution is 6.31. The first-order chi connectivity index (χ1) is 10.2. The van der Waals surface area contributed by atoms with Crippen LogP contribution in [0.5, 0.6) is 0 Å². The van der Waals surface area contributed by atoms with E-state index in [9.17, 15) is 0 Å². The van der Waals surface area contributed by atoms with Gasteiger partial charge in [-0.1, -0.05) is 18.5 Å². The highest BCUT2D eigenvalue weighted by atomic mass is 35.5. The van der Waals surface area contributed by atoms with Crippen LogP contribution in [0.2, 0.25) is 5.02 Å². The van der Waals surface area contributed by atoms with Gasteiger partial charge < -0.3 is 5.32 Å². The molecular formula is C17H26ClN3. The lowest BCUT2D eigenvalue weighted by Gasteiger charge is -2.22. The summed E-state index contributed by atoms with van der Waals surface area (Å²) >= 11 is 6.36. The van der Waals surface area contributed by atoms with Crippen molar-refractivity contribution in [3.8, 4) is 0 Å². The third-order valence-corrected chi connectivity index (χ3v) is 4.62. The molecule has 116 valence electrons. The van der Waals surface area contributed by atoms with E-state index in [1.165, 1.54) is 38.8 Å². The fourth-order valence-corrected chi connectivity index (χ4v) is 2.86. The monoisotopic (exact) mass is 307 g/mol. The number of hydrogen-bond acceptors (Lipinski definition) is 3. The molecule has 0 unspecified atom stereocenters. The molecule has 0 amide bonds. The summed E-state index contributed by atoms with van der Waals surface area (Å²) in [6, 6.07) is 3.96. The Morgan fingerprint density at radius 1 is 1.19 bits per heavy atom. The molecule has 0 bridgehead atoms. The fourth-order valence-electron chi connectivity index (χ4n) is 2.69. The summed E-state index contributed by atoms with van der Waals surface area (Å²) in [7, 11) is 0. The summed E-state index contributed by atoms with van der Waals surface area (Å²) in [5, 5.41) is 4.15. The van der Waals surface area contributed by atoms with Crippen molar-refractivity contribution in [3.63, 3.8) is 0 Å². The molecule has 21 heavy (non-hydrogen) atoms. The van der Waals surface area contributed by atoms with E-state index >= 15 is 0 Å². The Morgan fingerprint density at radius 3 is 2.43 bits per heavy atom. The van der Waals surface area contributed by atoms with Crippen LogP contribution in [-0.4, -0.2) is 29.5 Å². The smallest absolute Gasteiger partial charge is 0.126 e. The minimum Gasteiger partial charge on any atom is -0.370 e. The number of pyridine rings is 1. The first-order valence-electron chi connectivity index (χ1n) is 8.36. The normalized spacial score (nSPS) is 18.2. The van der Waals surface area contributed by atoms with E-state index in [4.69, 9.17) is 16.6 Å². The summed E-state index contributed by atoms with van der Waals surface area (Å²) in [5.41, 5.74) is 1.03. The molecule has 0 spiro atoms. The molecule has 0 radical (unpaired) electrons. The van der Waals surface area contributed by atoms with E-state index in [2.05, 4.69) is 17.1 Å². The first kappa shape index (κ1) is 15.1. The summed E-state index contributed by atoms with van der Waals surface area (Å²) < 4.78 is 0. The van der Waals surface area contributed by atoms with Gasteiger partial charge in [0.2, 0.25) is 0 Å². The van der Waals surface area contributed by atoms with Crippen molar-refractivity contribution in [3.05, 3.63) is 22.8 Å². The van der Waals surface area contributed by atoms with Crippen molar-refractivity contribution < 1.29 is 0 Å². The van der Waals surface area contributed by atoms with Crippen molar-refractivity contribution in [2.45, 2.75) is 45.6 Å². The molecule has 1 N–H and O–H groups in total. The topological polar surface area (TPSA) is 28.2 Å². The van der Waals surface area contributed by atoms with Crippen LogP contribution in [0.4, 0.5) is 5.82 Å². The van der Waals surface area contributed by atoms with E-state index in [0.717, 1.165) is 47.9 Å². The highest BCUT2D eigenvalue weighted by Gasteiger charge is 2.29. The van der Waals surface area contributed by atoms with Crippen molar-refractivity contribution in [2.24, 2.45) is 11.8 Å². The van der Waals surface area contributed by atoms with Gasteiger partial charge in [-0.3, -0.25) is 4.90 Å². The van der Waals surface area contributed by atoms with Crippen LogP contribution in [0.25, 0.3) is 0 Å². The quantitative estimate of drug-likeness (QED) is 0.742. The average molecular weight is 308 g/mol. The van der Waals surface area contributed by atoms with Crippen molar-refractivity contribution >= 4 is 17.4 Å². The predicted octanol–water partition coefficient (Wildman–Crippen LogP) is 4.18. The maximum atomic E-state index is 6.36. The van der Waals surface area contributed by atoms with Crippen LogP contribution in [-0.2, 0) is 6.54 Å². The molecule has 1 aromatic rings. The van der Waals surface area contributed by atoms with Crippen molar-refractivity contribution in [1.82, 2.24) is 9.88 Å². The maximum absolute atomic E-state index is 6.36. The Bertz CT molecular complexity index is 455. The van der Waals surface area contributed by atoms with E-state index in [1.54, 1.807) is 0 Å². The Labute approximate surface area is 133 Å². The van der Waals surface area contributed by atoms with Crippen LogP contribution in [0.15, 0.2) is 12.1 Å². The second-order valence-electron chi connectivity index (χ2n) is 6.63. The van der Waals surface area contributed by atoms with Gasteiger partial charge in [0.25, 0.3) is 0 Å². The predicted molar refractivity (Wildman–Crippen MR) is 88.8 cm³/mol. The second-order valence-corrected chi connectivity index (χ2v) is 7.04. The third kappa shape index (κ3) is 4.86. The van der Waals surface area contributed by atoms with E-state index in [-0.39, 0.29) is 0 Å². The number of hydrogen-bond donors (Lipinski definition) is 1. The van der Waals surface area contributed by atoms with Gasteiger partial charge in [-0.2, -0.15) is 0 Å². The molecule has 2 fully saturated rings. The molecule has 0 aromatic carbocycles. The van der Waals surface area contributed by atoms with Gasteiger partial charge in [0, 0.05) is 26.2 Å². The molecule has 1 aromatic heterocycles. The minimum absolute atomic E-state index is 0.800. The number of anilines is 1. The van der Waals surface area contributed by atoms with E-state index in [1.807, 2.05) is 12.1 Å². The van der Waals surface area contributed by atoms with E-state index < -0.39 is 0 Å². The Kier molecular flexibility index (Phi) is 5.02.